The Morgan fingerprint density at radius 2 is 1.71 bits per heavy atom. The maximum absolute atomic E-state index is 13.8. The highest BCUT2D eigenvalue weighted by Crippen LogP contribution is 2.44. The lowest BCUT2D eigenvalue weighted by atomic mass is 9.94. The molecule has 35 heavy (non-hydrogen) atoms. The van der Waals surface area contributed by atoms with Crippen molar-refractivity contribution in [1.29, 1.82) is 0 Å². The normalized spacial score (nSPS) is 23.6. The fourth-order valence-electron chi connectivity index (χ4n) is 5.45. The topological polar surface area (TPSA) is 57.7 Å². The molecule has 2 aromatic rings. The molecule has 5 nitrogen and oxygen atoms in total. The predicted octanol–water partition coefficient (Wildman–Crippen LogP) is 5.98. The number of piperidine rings is 1. The highest BCUT2D eigenvalue weighted by molar-refractivity contribution is 8.06. The van der Waals surface area contributed by atoms with E-state index in [1.54, 1.807) is 40.3 Å². The number of hydrogen-bond donors (Lipinski definition) is 0. The maximum Gasteiger partial charge on any atom is 0.243 e. The van der Waals surface area contributed by atoms with E-state index in [-0.39, 0.29) is 10.7 Å². The van der Waals surface area contributed by atoms with Gasteiger partial charge < -0.3 is 4.90 Å². The maximum atomic E-state index is 13.8. The number of thioether (sulfide) groups is 1. The molecule has 3 heterocycles. The second-order valence-corrected chi connectivity index (χ2v) is 12.8. The van der Waals surface area contributed by atoms with Gasteiger partial charge in [0.05, 0.1) is 15.6 Å². The van der Waals surface area contributed by atoms with Crippen LogP contribution in [0.2, 0.25) is 0 Å². The first-order valence-electron chi connectivity index (χ1n) is 12.4. The number of hydrogen-bond acceptors (Lipinski definition) is 5. The van der Waals surface area contributed by atoms with Crippen LogP contribution in [-0.2, 0) is 10.0 Å². The molecular formula is C28H32N2O3S2. The third-order valence-electron chi connectivity index (χ3n) is 7.05. The molecule has 2 atom stereocenters. The summed E-state index contributed by atoms with van der Waals surface area (Å²) in [4.78, 5) is 16.2. The first-order chi connectivity index (χ1) is 16.8. The lowest BCUT2D eigenvalue weighted by Gasteiger charge is -2.34. The molecule has 1 saturated heterocycles. The van der Waals surface area contributed by atoms with Crippen molar-refractivity contribution >= 4 is 33.3 Å². The quantitative estimate of drug-likeness (QED) is 0.465. The fourth-order valence-corrected chi connectivity index (χ4v) is 8.32. The van der Waals surface area contributed by atoms with Crippen LogP contribution in [-0.4, -0.2) is 43.0 Å². The Balaban J connectivity index is 1.45. The Morgan fingerprint density at radius 1 is 0.971 bits per heavy atom. The summed E-state index contributed by atoms with van der Waals surface area (Å²) in [6.07, 6.45) is 3.68. The smallest absolute Gasteiger partial charge is 0.243 e. The molecule has 0 N–H and O–H groups in total. The van der Waals surface area contributed by atoms with Crippen molar-refractivity contribution in [3.05, 3.63) is 81.7 Å². The number of carbonyl (C=O) groups is 1. The molecule has 0 unspecified atom stereocenters. The second kappa shape index (κ2) is 9.96. The van der Waals surface area contributed by atoms with Gasteiger partial charge >= 0.3 is 0 Å². The summed E-state index contributed by atoms with van der Waals surface area (Å²) in [6, 6.07) is 16.9. The van der Waals surface area contributed by atoms with Crippen molar-refractivity contribution in [1.82, 2.24) is 9.21 Å². The number of allylic oxidation sites excluding steroid dienone is 1. The first kappa shape index (κ1) is 24.3. The monoisotopic (exact) mass is 508 g/mol. The number of carbonyl (C=O) groups excluding carboxylic acids is 1. The van der Waals surface area contributed by atoms with E-state index in [4.69, 9.17) is 0 Å². The fraction of sp³-hybridized carbons (Fsp3) is 0.393. The van der Waals surface area contributed by atoms with Crippen molar-refractivity contribution < 1.29 is 13.2 Å². The van der Waals surface area contributed by atoms with Gasteiger partial charge in [0.25, 0.3) is 0 Å². The van der Waals surface area contributed by atoms with E-state index in [2.05, 4.69) is 36.3 Å². The van der Waals surface area contributed by atoms with Gasteiger partial charge in [-0.25, -0.2) is 8.42 Å². The molecule has 5 rings (SSSR count). The zero-order valence-corrected chi connectivity index (χ0v) is 21.9. The van der Waals surface area contributed by atoms with E-state index in [9.17, 15) is 13.2 Å². The van der Waals surface area contributed by atoms with Gasteiger partial charge in [0.15, 0.2) is 5.78 Å². The van der Waals surface area contributed by atoms with E-state index in [1.165, 1.54) is 0 Å². The van der Waals surface area contributed by atoms with Crippen LogP contribution in [0.25, 0.3) is 5.70 Å². The first-order valence-corrected chi connectivity index (χ1v) is 14.7. The Morgan fingerprint density at radius 3 is 2.46 bits per heavy atom. The van der Waals surface area contributed by atoms with Crippen LogP contribution >= 0.6 is 11.8 Å². The molecule has 0 aromatic heterocycles. The predicted molar refractivity (Wildman–Crippen MR) is 142 cm³/mol. The summed E-state index contributed by atoms with van der Waals surface area (Å²) in [5.74, 6) is 0.584. The van der Waals surface area contributed by atoms with Crippen molar-refractivity contribution in [3.63, 3.8) is 0 Å². The van der Waals surface area contributed by atoms with Gasteiger partial charge in [-0.1, -0.05) is 68.1 Å². The SMILES string of the molecule is C[C@H]1C[C@H](C)CN(S(=O)(=O)c2cccc(C(=O)C3=C4SC=C(c5ccccc5)N4CCCC3)c2)C1. The largest absolute Gasteiger partial charge is 0.335 e. The van der Waals surface area contributed by atoms with Gasteiger partial charge in [-0.05, 0) is 55.2 Å². The Kier molecular flexibility index (Phi) is 6.93. The van der Waals surface area contributed by atoms with E-state index in [0.717, 1.165) is 47.7 Å². The average molecular weight is 509 g/mol. The molecule has 0 aliphatic carbocycles. The van der Waals surface area contributed by atoms with Gasteiger partial charge in [0.2, 0.25) is 10.0 Å². The molecule has 0 saturated carbocycles. The molecule has 184 valence electrons. The van der Waals surface area contributed by atoms with E-state index in [0.29, 0.717) is 36.9 Å². The molecule has 1 fully saturated rings. The molecular weight excluding hydrogens is 476 g/mol. The van der Waals surface area contributed by atoms with Gasteiger partial charge in [0.1, 0.15) is 0 Å². The van der Waals surface area contributed by atoms with Crippen molar-refractivity contribution in [2.45, 2.75) is 44.4 Å². The van der Waals surface area contributed by atoms with E-state index < -0.39 is 10.0 Å². The molecule has 0 bridgehead atoms. The third kappa shape index (κ3) is 4.86. The zero-order chi connectivity index (χ0) is 24.6. The number of rotatable bonds is 5. The summed E-state index contributed by atoms with van der Waals surface area (Å²) in [6.45, 7) is 6.13. The van der Waals surface area contributed by atoms with Crippen LogP contribution in [0, 0.1) is 11.8 Å². The van der Waals surface area contributed by atoms with Crippen LogP contribution < -0.4 is 0 Å². The number of Topliss-reactive ketones (excluding diaryl/α,β-unsaturated/α-hetero) is 1. The number of ketones is 1. The van der Waals surface area contributed by atoms with E-state index in [1.807, 2.05) is 18.2 Å². The van der Waals surface area contributed by atoms with Crippen LogP contribution in [0.3, 0.4) is 0 Å². The average Bonchev–Trinajstić information content (AvgIpc) is 3.16. The molecule has 7 heteroatoms. The number of fused-ring (bicyclic) bond motifs is 1. The molecule has 3 aliphatic rings. The summed E-state index contributed by atoms with van der Waals surface area (Å²) < 4.78 is 28.5. The van der Waals surface area contributed by atoms with Crippen molar-refractivity contribution in [3.8, 4) is 0 Å². The lowest BCUT2D eigenvalue weighted by Crippen LogP contribution is -2.42. The minimum Gasteiger partial charge on any atom is -0.335 e. The molecule has 0 radical (unpaired) electrons. The molecule has 0 amide bonds. The van der Waals surface area contributed by atoms with Gasteiger partial charge in [-0.2, -0.15) is 4.31 Å². The Bertz CT molecular complexity index is 1270. The van der Waals surface area contributed by atoms with E-state index >= 15 is 0 Å². The minimum absolute atomic E-state index is 0.0699. The highest BCUT2D eigenvalue weighted by atomic mass is 32.2. The van der Waals surface area contributed by atoms with Crippen molar-refractivity contribution in [2.24, 2.45) is 11.8 Å². The Hall–Kier alpha value is -2.35. The van der Waals surface area contributed by atoms with Crippen LogP contribution in [0.1, 0.15) is 55.5 Å². The minimum atomic E-state index is -3.64. The highest BCUT2D eigenvalue weighted by Gasteiger charge is 2.33. The van der Waals surface area contributed by atoms with Gasteiger partial charge in [0, 0.05) is 36.2 Å². The standard InChI is InChI=1S/C28H32N2O3S2/c1-20-15-21(2)18-29(17-20)35(32,33)24-12-8-11-23(16-24)27(31)25-13-6-7-14-30-26(19-34-28(25)30)22-9-4-3-5-10-22/h3-5,8-12,16,19-21H,6-7,13-15,17-18H2,1-2H3/t20-,21-/m0/s1. The van der Waals surface area contributed by atoms with Crippen LogP contribution in [0.5, 0.6) is 0 Å². The molecule has 2 aromatic carbocycles. The number of benzene rings is 2. The lowest BCUT2D eigenvalue weighted by molar-refractivity contribution is 0.102. The molecule has 3 aliphatic heterocycles. The summed E-state index contributed by atoms with van der Waals surface area (Å²) in [7, 11) is -3.64. The number of sulfonamides is 1. The van der Waals surface area contributed by atoms with Crippen molar-refractivity contribution in [2.75, 3.05) is 19.6 Å². The van der Waals surface area contributed by atoms with Gasteiger partial charge in [-0.3, -0.25) is 4.79 Å². The molecule has 0 spiro atoms. The Labute approximate surface area is 212 Å². The summed E-state index contributed by atoms with van der Waals surface area (Å²) >= 11 is 1.60. The third-order valence-corrected chi connectivity index (χ3v) is 9.91. The summed E-state index contributed by atoms with van der Waals surface area (Å²) in [5.41, 5.74) is 3.50. The summed E-state index contributed by atoms with van der Waals surface area (Å²) in [5, 5.41) is 3.11. The van der Waals surface area contributed by atoms with Crippen LogP contribution in [0.15, 0.2) is 75.5 Å². The van der Waals surface area contributed by atoms with Gasteiger partial charge in [-0.15, -0.1) is 0 Å². The zero-order valence-electron chi connectivity index (χ0n) is 20.3. The second-order valence-electron chi connectivity index (χ2n) is 10.0. The van der Waals surface area contributed by atoms with Crippen LogP contribution in [0.4, 0.5) is 0 Å². The number of nitrogens with zero attached hydrogens (tertiary/aromatic N) is 2.